The van der Waals surface area contributed by atoms with Gasteiger partial charge in [-0.2, -0.15) is 0 Å². The molecule has 1 aliphatic carbocycles. The molecule has 2 aromatic rings. The van der Waals surface area contributed by atoms with E-state index < -0.39 is 0 Å². The maximum absolute atomic E-state index is 5.73. The molecule has 0 spiro atoms. The fourth-order valence-electron chi connectivity index (χ4n) is 3.19. The molecular weight excluding hydrogens is 290 g/mol. The van der Waals surface area contributed by atoms with Gasteiger partial charge in [0.15, 0.2) is 11.5 Å². The van der Waals surface area contributed by atoms with Gasteiger partial charge in [0.2, 0.25) is 0 Å². The van der Waals surface area contributed by atoms with E-state index in [2.05, 4.69) is 25.2 Å². The highest BCUT2D eigenvalue weighted by Gasteiger charge is 2.22. The maximum atomic E-state index is 5.73. The van der Waals surface area contributed by atoms with Gasteiger partial charge in [0.05, 0.1) is 12.6 Å². The first kappa shape index (κ1) is 15.9. The zero-order chi connectivity index (χ0) is 16.6. The van der Waals surface area contributed by atoms with Crippen LogP contribution in [0.15, 0.2) is 12.1 Å². The van der Waals surface area contributed by atoms with Crippen molar-refractivity contribution in [3.63, 3.8) is 0 Å². The molecule has 0 saturated carbocycles. The van der Waals surface area contributed by atoms with Crippen LogP contribution in [0.2, 0.25) is 0 Å². The summed E-state index contributed by atoms with van der Waals surface area (Å²) < 4.78 is 5.51. The number of nitrogens with zero attached hydrogens (tertiary/aromatic N) is 2. The molecule has 5 heteroatoms. The summed E-state index contributed by atoms with van der Waals surface area (Å²) in [6.45, 7) is 4.28. The van der Waals surface area contributed by atoms with Crippen molar-refractivity contribution >= 4 is 16.7 Å². The highest BCUT2D eigenvalue weighted by atomic mass is 16.7. The number of hydroxylamine groups is 2. The van der Waals surface area contributed by atoms with Crippen LogP contribution in [0.1, 0.15) is 31.4 Å². The van der Waals surface area contributed by atoms with Crippen molar-refractivity contribution in [3.05, 3.63) is 23.3 Å². The Balaban J connectivity index is 2.19. The summed E-state index contributed by atoms with van der Waals surface area (Å²) in [6, 6.07) is 4.39. The Kier molecular flexibility index (Phi) is 4.31. The molecule has 0 aliphatic heterocycles. The molecule has 0 fully saturated rings. The Labute approximate surface area is 137 Å². The molecule has 1 N–H and O–H groups in total. The van der Waals surface area contributed by atoms with Gasteiger partial charge in [0.25, 0.3) is 0 Å². The number of aryl methyl sites for hydroxylation is 1. The lowest BCUT2D eigenvalue weighted by Crippen LogP contribution is -2.17. The molecule has 0 unspecified atom stereocenters. The van der Waals surface area contributed by atoms with E-state index >= 15 is 0 Å². The predicted molar refractivity (Wildman–Crippen MR) is 93.4 cm³/mol. The number of anilines is 1. The Morgan fingerprint density at radius 2 is 1.87 bits per heavy atom. The Morgan fingerprint density at radius 3 is 2.52 bits per heavy atom. The van der Waals surface area contributed by atoms with Gasteiger partial charge in [-0.05, 0) is 50.3 Å². The molecule has 3 rings (SSSR count). The minimum atomic E-state index is 0.361. The van der Waals surface area contributed by atoms with Crippen molar-refractivity contribution in [2.75, 3.05) is 26.5 Å². The van der Waals surface area contributed by atoms with Crippen LogP contribution in [-0.4, -0.2) is 37.3 Å². The Bertz CT molecular complexity index is 726. The third kappa shape index (κ3) is 3.06. The Morgan fingerprint density at radius 1 is 1.13 bits per heavy atom. The van der Waals surface area contributed by atoms with E-state index in [1.165, 1.54) is 22.9 Å². The SMILES string of the molecule is COc1cc2c3c(c(NC(C)C)nc2cc1ON(C)C)CCC3. The number of methoxy groups -OCH3 is 1. The highest BCUT2D eigenvalue weighted by Crippen LogP contribution is 2.39. The van der Waals surface area contributed by atoms with Gasteiger partial charge >= 0.3 is 0 Å². The summed E-state index contributed by atoms with van der Waals surface area (Å²) in [5, 5.41) is 6.33. The van der Waals surface area contributed by atoms with E-state index in [0.29, 0.717) is 11.8 Å². The lowest BCUT2D eigenvalue weighted by Gasteiger charge is -2.18. The molecule has 5 nitrogen and oxygen atoms in total. The van der Waals surface area contributed by atoms with Crippen LogP contribution in [-0.2, 0) is 12.8 Å². The summed E-state index contributed by atoms with van der Waals surface area (Å²) >= 11 is 0. The zero-order valence-electron chi connectivity index (χ0n) is 14.6. The second kappa shape index (κ2) is 6.24. The van der Waals surface area contributed by atoms with Crippen molar-refractivity contribution in [3.8, 4) is 11.5 Å². The lowest BCUT2D eigenvalue weighted by molar-refractivity contribution is -0.00566. The molecule has 1 aromatic heterocycles. The second-order valence-electron chi connectivity index (χ2n) is 6.49. The van der Waals surface area contributed by atoms with Gasteiger partial charge in [-0.15, -0.1) is 5.06 Å². The average Bonchev–Trinajstić information content (AvgIpc) is 2.95. The van der Waals surface area contributed by atoms with Crippen LogP contribution < -0.4 is 14.9 Å². The van der Waals surface area contributed by atoms with Gasteiger partial charge in [0, 0.05) is 31.6 Å². The zero-order valence-corrected chi connectivity index (χ0v) is 14.6. The predicted octanol–water partition coefficient (Wildman–Crippen LogP) is 3.41. The minimum Gasteiger partial charge on any atom is -0.493 e. The number of rotatable bonds is 5. The number of hydrogen-bond acceptors (Lipinski definition) is 5. The van der Waals surface area contributed by atoms with Crippen LogP contribution in [0.4, 0.5) is 5.82 Å². The van der Waals surface area contributed by atoms with E-state index in [9.17, 15) is 0 Å². The fourth-order valence-corrected chi connectivity index (χ4v) is 3.19. The summed E-state index contributed by atoms with van der Waals surface area (Å²) in [7, 11) is 5.38. The van der Waals surface area contributed by atoms with Gasteiger partial charge in [-0.25, -0.2) is 4.98 Å². The molecular formula is C18H25N3O2. The van der Waals surface area contributed by atoms with Crippen molar-refractivity contribution in [2.45, 2.75) is 39.2 Å². The summed E-state index contributed by atoms with van der Waals surface area (Å²) in [5.41, 5.74) is 3.70. The largest absolute Gasteiger partial charge is 0.493 e. The second-order valence-corrected chi connectivity index (χ2v) is 6.49. The minimum absolute atomic E-state index is 0.361. The van der Waals surface area contributed by atoms with Crippen LogP contribution in [0.3, 0.4) is 0 Å². The standard InChI is InChI=1S/C18H25N3O2/c1-11(2)19-18-13-8-6-7-12(13)14-9-16(22-5)17(23-21(3)4)10-15(14)20-18/h9-11H,6-8H2,1-5H3,(H,19,20). The molecule has 1 aliphatic rings. The fraction of sp³-hybridized carbons (Fsp3) is 0.500. The summed E-state index contributed by atoms with van der Waals surface area (Å²) in [6.07, 6.45) is 3.37. The molecule has 0 saturated heterocycles. The number of benzene rings is 1. The van der Waals surface area contributed by atoms with E-state index in [0.717, 1.165) is 29.9 Å². The monoisotopic (exact) mass is 315 g/mol. The average molecular weight is 315 g/mol. The molecule has 0 radical (unpaired) electrons. The van der Waals surface area contributed by atoms with Crippen LogP contribution in [0.25, 0.3) is 10.9 Å². The van der Waals surface area contributed by atoms with Crippen molar-refractivity contribution in [2.24, 2.45) is 0 Å². The van der Waals surface area contributed by atoms with Crippen LogP contribution in [0, 0.1) is 0 Å². The van der Waals surface area contributed by atoms with Crippen molar-refractivity contribution in [1.82, 2.24) is 10.0 Å². The summed E-state index contributed by atoms with van der Waals surface area (Å²) in [5.74, 6) is 2.44. The first-order valence-electron chi connectivity index (χ1n) is 8.15. The van der Waals surface area contributed by atoms with Gasteiger partial charge in [0.1, 0.15) is 5.82 Å². The molecule has 1 heterocycles. The number of pyridine rings is 1. The molecule has 0 amide bonds. The molecule has 124 valence electrons. The van der Waals surface area contributed by atoms with E-state index in [-0.39, 0.29) is 0 Å². The molecule has 0 atom stereocenters. The maximum Gasteiger partial charge on any atom is 0.191 e. The van der Waals surface area contributed by atoms with E-state index in [1.54, 1.807) is 12.2 Å². The van der Waals surface area contributed by atoms with E-state index in [4.69, 9.17) is 14.6 Å². The Hall–Kier alpha value is -2.01. The number of fused-ring (bicyclic) bond motifs is 3. The van der Waals surface area contributed by atoms with Crippen LogP contribution in [0.5, 0.6) is 11.5 Å². The topological polar surface area (TPSA) is 46.6 Å². The van der Waals surface area contributed by atoms with Crippen molar-refractivity contribution in [1.29, 1.82) is 0 Å². The third-order valence-electron chi connectivity index (χ3n) is 4.05. The number of hydrogen-bond donors (Lipinski definition) is 1. The first-order chi connectivity index (χ1) is 11.0. The lowest BCUT2D eigenvalue weighted by atomic mass is 10.0. The van der Waals surface area contributed by atoms with Gasteiger partial charge in [-0.3, -0.25) is 0 Å². The molecule has 23 heavy (non-hydrogen) atoms. The third-order valence-corrected chi connectivity index (χ3v) is 4.05. The normalized spacial score (nSPS) is 13.7. The number of nitrogens with one attached hydrogen (secondary N) is 1. The number of aromatic nitrogens is 1. The highest BCUT2D eigenvalue weighted by molar-refractivity contribution is 5.89. The summed E-state index contributed by atoms with van der Waals surface area (Å²) in [4.78, 5) is 10.6. The van der Waals surface area contributed by atoms with Gasteiger partial charge in [-0.1, -0.05) is 0 Å². The van der Waals surface area contributed by atoms with Gasteiger partial charge < -0.3 is 14.9 Å². The van der Waals surface area contributed by atoms with E-state index in [1.807, 2.05) is 20.2 Å². The number of ether oxygens (including phenoxy) is 1. The quantitative estimate of drug-likeness (QED) is 0.857. The molecule has 1 aromatic carbocycles. The molecule has 0 bridgehead atoms. The first-order valence-corrected chi connectivity index (χ1v) is 8.15. The van der Waals surface area contributed by atoms with Crippen molar-refractivity contribution < 1.29 is 9.57 Å². The van der Waals surface area contributed by atoms with Crippen LogP contribution >= 0.6 is 0 Å². The smallest absolute Gasteiger partial charge is 0.191 e.